The van der Waals surface area contributed by atoms with Crippen molar-refractivity contribution in [2.75, 3.05) is 19.7 Å². The zero-order valence-corrected chi connectivity index (χ0v) is 11.4. The van der Waals surface area contributed by atoms with Gasteiger partial charge in [-0.2, -0.15) is 0 Å². The molecule has 0 aliphatic rings. The number of carbonyl (C=O) groups is 1. The number of benzene rings is 1. The van der Waals surface area contributed by atoms with Crippen LogP contribution in [0.4, 0.5) is 0 Å². The maximum atomic E-state index is 11.7. The third-order valence-electron chi connectivity index (χ3n) is 2.91. The molecule has 0 aliphatic heterocycles. The number of hydrogen-bond donors (Lipinski definition) is 0. The van der Waals surface area contributed by atoms with Crippen molar-refractivity contribution >= 4 is 5.91 Å². The molecule has 0 saturated carbocycles. The van der Waals surface area contributed by atoms with Gasteiger partial charge in [-0.1, -0.05) is 30.3 Å². The van der Waals surface area contributed by atoms with Crippen molar-refractivity contribution in [3.05, 3.63) is 35.9 Å². The summed E-state index contributed by atoms with van der Waals surface area (Å²) >= 11 is 0. The second-order valence-electron chi connectivity index (χ2n) is 4.21. The van der Waals surface area contributed by atoms with E-state index in [0.717, 1.165) is 19.5 Å². The highest BCUT2D eigenvalue weighted by Crippen LogP contribution is 2.03. The Kier molecular flexibility index (Phi) is 7.11. The third-order valence-corrected chi connectivity index (χ3v) is 2.91. The van der Waals surface area contributed by atoms with Gasteiger partial charge in [0.05, 0.1) is 6.61 Å². The van der Waals surface area contributed by atoms with E-state index in [-0.39, 0.29) is 5.91 Å². The van der Waals surface area contributed by atoms with Crippen molar-refractivity contribution in [1.82, 2.24) is 4.90 Å². The van der Waals surface area contributed by atoms with Crippen LogP contribution in [0.3, 0.4) is 0 Å². The van der Waals surface area contributed by atoms with E-state index in [2.05, 4.69) is 0 Å². The first-order chi connectivity index (χ1) is 8.77. The second-order valence-corrected chi connectivity index (χ2v) is 4.21. The lowest BCUT2D eigenvalue weighted by atomic mass is 10.2. The van der Waals surface area contributed by atoms with Gasteiger partial charge in [-0.25, -0.2) is 0 Å². The summed E-state index contributed by atoms with van der Waals surface area (Å²) in [5.41, 5.74) is 1.17. The summed E-state index contributed by atoms with van der Waals surface area (Å²) in [5.74, 6) is 0.225. The van der Waals surface area contributed by atoms with Gasteiger partial charge in [-0.3, -0.25) is 4.79 Å². The Labute approximate surface area is 110 Å². The summed E-state index contributed by atoms with van der Waals surface area (Å²) in [6.07, 6.45) is 1.37. The van der Waals surface area contributed by atoms with Crippen LogP contribution in [-0.2, 0) is 16.1 Å². The SMILES string of the molecule is CCN(CC)C(=O)CCCOCc1ccccc1. The minimum Gasteiger partial charge on any atom is -0.377 e. The number of ether oxygens (including phenoxy) is 1. The molecule has 100 valence electrons. The van der Waals surface area contributed by atoms with Crippen LogP contribution in [0.1, 0.15) is 32.3 Å². The monoisotopic (exact) mass is 249 g/mol. The first-order valence-corrected chi connectivity index (χ1v) is 6.67. The molecule has 0 aliphatic carbocycles. The summed E-state index contributed by atoms with van der Waals surface area (Å²) in [6, 6.07) is 10.1. The summed E-state index contributed by atoms with van der Waals surface area (Å²) in [6.45, 7) is 6.86. The summed E-state index contributed by atoms with van der Waals surface area (Å²) in [5, 5.41) is 0. The van der Waals surface area contributed by atoms with Crippen LogP contribution >= 0.6 is 0 Å². The molecule has 0 atom stereocenters. The molecule has 0 spiro atoms. The van der Waals surface area contributed by atoms with Crippen molar-refractivity contribution in [1.29, 1.82) is 0 Å². The van der Waals surface area contributed by atoms with E-state index in [9.17, 15) is 4.79 Å². The largest absolute Gasteiger partial charge is 0.377 e. The van der Waals surface area contributed by atoms with E-state index in [0.29, 0.717) is 19.6 Å². The zero-order chi connectivity index (χ0) is 13.2. The number of carbonyl (C=O) groups excluding carboxylic acids is 1. The Morgan fingerprint density at radius 1 is 1.17 bits per heavy atom. The molecule has 0 radical (unpaired) electrons. The fraction of sp³-hybridized carbons (Fsp3) is 0.533. The molecule has 0 aromatic heterocycles. The van der Waals surface area contributed by atoms with Crippen molar-refractivity contribution in [3.8, 4) is 0 Å². The molecule has 1 amide bonds. The third kappa shape index (κ3) is 5.32. The van der Waals surface area contributed by atoms with Gasteiger partial charge < -0.3 is 9.64 Å². The summed E-state index contributed by atoms with van der Waals surface area (Å²) < 4.78 is 5.55. The van der Waals surface area contributed by atoms with Crippen molar-refractivity contribution in [3.63, 3.8) is 0 Å². The van der Waals surface area contributed by atoms with Crippen LogP contribution in [0.2, 0.25) is 0 Å². The first kappa shape index (κ1) is 14.7. The van der Waals surface area contributed by atoms with Gasteiger partial charge in [0, 0.05) is 26.1 Å². The van der Waals surface area contributed by atoms with Crippen LogP contribution in [-0.4, -0.2) is 30.5 Å². The lowest BCUT2D eigenvalue weighted by Crippen LogP contribution is -2.30. The molecule has 3 nitrogen and oxygen atoms in total. The molecule has 18 heavy (non-hydrogen) atoms. The van der Waals surface area contributed by atoms with Gasteiger partial charge in [-0.15, -0.1) is 0 Å². The van der Waals surface area contributed by atoms with E-state index in [1.165, 1.54) is 5.56 Å². The molecule has 0 saturated heterocycles. The fourth-order valence-electron chi connectivity index (χ4n) is 1.82. The van der Waals surface area contributed by atoms with Crippen molar-refractivity contribution < 1.29 is 9.53 Å². The van der Waals surface area contributed by atoms with Crippen molar-refractivity contribution in [2.24, 2.45) is 0 Å². The Morgan fingerprint density at radius 2 is 1.83 bits per heavy atom. The van der Waals surface area contributed by atoms with Crippen molar-refractivity contribution in [2.45, 2.75) is 33.3 Å². The number of amides is 1. The van der Waals surface area contributed by atoms with Gasteiger partial charge >= 0.3 is 0 Å². The van der Waals surface area contributed by atoms with E-state index in [1.54, 1.807) is 0 Å². The minimum absolute atomic E-state index is 0.225. The quantitative estimate of drug-likeness (QED) is 0.663. The Balaban J connectivity index is 2.10. The second kappa shape index (κ2) is 8.70. The molecular formula is C15H23NO2. The molecule has 0 bridgehead atoms. The Hall–Kier alpha value is -1.35. The first-order valence-electron chi connectivity index (χ1n) is 6.67. The predicted octanol–water partition coefficient (Wildman–Crippen LogP) is 2.85. The van der Waals surface area contributed by atoms with Crippen LogP contribution in [0.25, 0.3) is 0 Å². The van der Waals surface area contributed by atoms with Crippen LogP contribution in [0.15, 0.2) is 30.3 Å². The maximum absolute atomic E-state index is 11.7. The smallest absolute Gasteiger partial charge is 0.222 e. The Morgan fingerprint density at radius 3 is 2.44 bits per heavy atom. The van der Waals surface area contributed by atoms with Crippen LogP contribution in [0, 0.1) is 0 Å². The standard InChI is InChI=1S/C15H23NO2/c1-3-16(4-2)15(17)11-8-12-18-13-14-9-6-5-7-10-14/h5-7,9-10H,3-4,8,11-13H2,1-2H3. The van der Waals surface area contributed by atoms with E-state index < -0.39 is 0 Å². The van der Waals surface area contributed by atoms with E-state index >= 15 is 0 Å². The lowest BCUT2D eigenvalue weighted by molar-refractivity contribution is -0.131. The molecule has 0 N–H and O–H groups in total. The number of rotatable bonds is 8. The lowest BCUT2D eigenvalue weighted by Gasteiger charge is -2.18. The van der Waals surface area contributed by atoms with Gasteiger partial charge in [0.25, 0.3) is 0 Å². The van der Waals surface area contributed by atoms with E-state index in [1.807, 2.05) is 49.1 Å². The normalized spacial score (nSPS) is 10.3. The number of hydrogen-bond acceptors (Lipinski definition) is 2. The van der Waals surface area contributed by atoms with Gasteiger partial charge in [0.1, 0.15) is 0 Å². The van der Waals surface area contributed by atoms with E-state index in [4.69, 9.17) is 4.74 Å². The Bertz CT molecular complexity index is 334. The highest BCUT2D eigenvalue weighted by Gasteiger charge is 2.08. The topological polar surface area (TPSA) is 29.5 Å². The summed E-state index contributed by atoms with van der Waals surface area (Å²) in [7, 11) is 0. The highest BCUT2D eigenvalue weighted by atomic mass is 16.5. The highest BCUT2D eigenvalue weighted by molar-refractivity contribution is 5.76. The molecule has 1 aromatic rings. The molecular weight excluding hydrogens is 226 g/mol. The maximum Gasteiger partial charge on any atom is 0.222 e. The summed E-state index contributed by atoms with van der Waals surface area (Å²) in [4.78, 5) is 13.6. The fourth-order valence-corrected chi connectivity index (χ4v) is 1.82. The molecule has 0 heterocycles. The van der Waals surface area contributed by atoms with Crippen LogP contribution in [0.5, 0.6) is 0 Å². The average Bonchev–Trinajstić information content (AvgIpc) is 2.41. The van der Waals surface area contributed by atoms with Gasteiger partial charge in [0.15, 0.2) is 0 Å². The zero-order valence-electron chi connectivity index (χ0n) is 11.4. The van der Waals surface area contributed by atoms with Crippen LogP contribution < -0.4 is 0 Å². The van der Waals surface area contributed by atoms with Gasteiger partial charge in [-0.05, 0) is 25.8 Å². The average molecular weight is 249 g/mol. The van der Waals surface area contributed by atoms with Gasteiger partial charge in [0.2, 0.25) is 5.91 Å². The molecule has 1 rings (SSSR count). The molecule has 0 fully saturated rings. The molecule has 0 unspecified atom stereocenters. The predicted molar refractivity (Wildman–Crippen MR) is 73.3 cm³/mol. The molecule has 1 aromatic carbocycles. The minimum atomic E-state index is 0.225. The molecule has 3 heteroatoms. The number of nitrogens with zero attached hydrogens (tertiary/aromatic N) is 1.